The predicted molar refractivity (Wildman–Crippen MR) is 107 cm³/mol. The summed E-state index contributed by atoms with van der Waals surface area (Å²) in [4.78, 5) is 12.9. The number of hydrogen-bond acceptors (Lipinski definition) is 2. The zero-order chi connectivity index (χ0) is 19.0. The summed E-state index contributed by atoms with van der Waals surface area (Å²) in [6, 6.07) is 18.4. The van der Waals surface area contributed by atoms with Crippen LogP contribution in [0.5, 0.6) is 0 Å². The smallest absolute Gasteiger partial charge is 0.270 e. The maximum atomic E-state index is 12.9. The van der Waals surface area contributed by atoms with E-state index >= 15 is 0 Å². The summed E-state index contributed by atoms with van der Waals surface area (Å²) in [5.74, 6) is 0.442. The zero-order valence-corrected chi connectivity index (χ0v) is 16.1. The first-order chi connectivity index (χ1) is 13.0. The second kappa shape index (κ2) is 7.03. The van der Waals surface area contributed by atoms with Gasteiger partial charge in [0, 0.05) is 5.56 Å². The van der Waals surface area contributed by atoms with E-state index in [2.05, 4.69) is 62.5 Å². The number of carbonyl (C=O) groups excluding carboxylic acids is 1. The minimum Gasteiger partial charge on any atom is -0.340 e. The van der Waals surface area contributed by atoms with Crippen LogP contribution in [0.3, 0.4) is 0 Å². The Morgan fingerprint density at radius 3 is 2.44 bits per heavy atom. The van der Waals surface area contributed by atoms with Gasteiger partial charge in [-0.3, -0.25) is 9.48 Å². The van der Waals surface area contributed by atoms with E-state index in [0.717, 1.165) is 28.8 Å². The van der Waals surface area contributed by atoms with Crippen molar-refractivity contribution in [2.24, 2.45) is 5.92 Å². The monoisotopic (exact) mass is 359 g/mol. The first-order valence-electron chi connectivity index (χ1n) is 9.54. The van der Waals surface area contributed by atoms with E-state index < -0.39 is 0 Å². The maximum absolute atomic E-state index is 12.9. The lowest BCUT2D eigenvalue weighted by Crippen LogP contribution is -2.23. The molecule has 0 saturated carbocycles. The molecule has 3 aromatic rings. The maximum Gasteiger partial charge on any atom is 0.270 e. The summed E-state index contributed by atoms with van der Waals surface area (Å²) < 4.78 is 1.88. The summed E-state index contributed by atoms with van der Waals surface area (Å²) in [7, 11) is 0. The van der Waals surface area contributed by atoms with Crippen molar-refractivity contribution in [2.75, 3.05) is 0 Å². The fraction of sp³-hybridized carbons (Fsp3) is 0.304. The molecule has 1 N–H and O–H groups in total. The van der Waals surface area contributed by atoms with Crippen molar-refractivity contribution in [2.45, 2.75) is 39.8 Å². The standard InChI is InChI=1S/C23H25N3O/c1-15(2)13-19-20-21(18-11-9-16(3)10-12-18)24-23(27)22(20)26(25-19)14-17-7-5-4-6-8-17/h4-12,15,21H,13-14H2,1-3H3,(H,24,27). The van der Waals surface area contributed by atoms with Gasteiger partial charge in [0.2, 0.25) is 0 Å². The van der Waals surface area contributed by atoms with Crippen molar-refractivity contribution in [3.63, 3.8) is 0 Å². The molecule has 0 bridgehead atoms. The van der Waals surface area contributed by atoms with E-state index in [-0.39, 0.29) is 11.9 Å². The minimum absolute atomic E-state index is 0.0333. The van der Waals surface area contributed by atoms with Gasteiger partial charge in [0.15, 0.2) is 0 Å². The number of nitrogens with zero attached hydrogens (tertiary/aromatic N) is 2. The van der Waals surface area contributed by atoms with Crippen molar-refractivity contribution >= 4 is 5.91 Å². The molecule has 138 valence electrons. The van der Waals surface area contributed by atoms with Gasteiger partial charge >= 0.3 is 0 Å². The van der Waals surface area contributed by atoms with Gasteiger partial charge in [-0.05, 0) is 30.4 Å². The Hall–Kier alpha value is -2.88. The molecule has 0 aliphatic carbocycles. The zero-order valence-electron chi connectivity index (χ0n) is 16.1. The SMILES string of the molecule is Cc1ccc(C2NC(=O)c3c2c(CC(C)C)nn3Cc2ccccc2)cc1. The molecule has 0 radical (unpaired) electrons. The van der Waals surface area contributed by atoms with E-state index in [0.29, 0.717) is 18.2 Å². The Morgan fingerprint density at radius 2 is 1.78 bits per heavy atom. The fourth-order valence-electron chi connectivity index (χ4n) is 3.76. The van der Waals surface area contributed by atoms with Gasteiger partial charge in [0.25, 0.3) is 5.91 Å². The lowest BCUT2D eigenvalue weighted by atomic mass is 9.95. The lowest BCUT2D eigenvalue weighted by Gasteiger charge is -2.14. The Kier molecular flexibility index (Phi) is 4.56. The number of aromatic nitrogens is 2. The Balaban J connectivity index is 1.79. The number of carbonyl (C=O) groups is 1. The van der Waals surface area contributed by atoms with Crippen LogP contribution in [-0.4, -0.2) is 15.7 Å². The van der Waals surface area contributed by atoms with Crippen LogP contribution in [0, 0.1) is 12.8 Å². The van der Waals surface area contributed by atoms with Crippen molar-refractivity contribution in [1.82, 2.24) is 15.1 Å². The largest absolute Gasteiger partial charge is 0.340 e. The number of amides is 1. The molecule has 2 aromatic carbocycles. The minimum atomic E-state index is -0.119. The number of rotatable bonds is 5. The third kappa shape index (κ3) is 3.39. The third-order valence-corrected chi connectivity index (χ3v) is 5.03. The molecule has 1 aliphatic rings. The van der Waals surface area contributed by atoms with Gasteiger partial charge in [-0.2, -0.15) is 5.10 Å². The second-order valence-corrected chi connectivity index (χ2v) is 7.77. The number of benzene rings is 2. The molecular formula is C23H25N3O. The topological polar surface area (TPSA) is 46.9 Å². The highest BCUT2D eigenvalue weighted by molar-refractivity contribution is 5.98. The molecule has 1 atom stereocenters. The summed E-state index contributed by atoms with van der Waals surface area (Å²) in [5.41, 5.74) is 6.25. The van der Waals surface area contributed by atoms with Gasteiger partial charge in [0.05, 0.1) is 18.3 Å². The highest BCUT2D eigenvalue weighted by Gasteiger charge is 2.37. The highest BCUT2D eigenvalue weighted by Crippen LogP contribution is 2.35. The molecule has 4 nitrogen and oxygen atoms in total. The van der Waals surface area contributed by atoms with E-state index in [1.807, 2.05) is 22.9 Å². The Labute approximate surface area is 160 Å². The summed E-state index contributed by atoms with van der Waals surface area (Å²) in [6.07, 6.45) is 0.863. The van der Waals surface area contributed by atoms with Crippen LogP contribution < -0.4 is 5.32 Å². The van der Waals surface area contributed by atoms with E-state index in [4.69, 9.17) is 5.10 Å². The molecule has 0 saturated heterocycles. The molecule has 4 rings (SSSR count). The Bertz CT molecular complexity index is 955. The molecule has 1 aromatic heterocycles. The second-order valence-electron chi connectivity index (χ2n) is 7.77. The van der Waals surface area contributed by atoms with Crippen molar-refractivity contribution < 1.29 is 4.79 Å². The predicted octanol–water partition coefficient (Wildman–Crippen LogP) is 4.27. The van der Waals surface area contributed by atoms with Crippen molar-refractivity contribution in [1.29, 1.82) is 0 Å². The van der Waals surface area contributed by atoms with Crippen LogP contribution in [0.4, 0.5) is 0 Å². The fourth-order valence-corrected chi connectivity index (χ4v) is 3.76. The molecule has 1 unspecified atom stereocenters. The molecule has 0 fully saturated rings. The van der Waals surface area contributed by atoms with Gasteiger partial charge in [-0.1, -0.05) is 74.0 Å². The van der Waals surface area contributed by atoms with E-state index in [1.54, 1.807) is 0 Å². The van der Waals surface area contributed by atoms with E-state index in [9.17, 15) is 4.79 Å². The average molecular weight is 359 g/mol. The molecule has 1 amide bonds. The number of nitrogens with one attached hydrogen (secondary N) is 1. The van der Waals surface area contributed by atoms with Crippen LogP contribution in [0.25, 0.3) is 0 Å². The third-order valence-electron chi connectivity index (χ3n) is 5.03. The first kappa shape index (κ1) is 17.5. The molecule has 4 heteroatoms. The van der Waals surface area contributed by atoms with Gasteiger partial charge < -0.3 is 5.32 Å². The van der Waals surface area contributed by atoms with Gasteiger partial charge in [-0.15, -0.1) is 0 Å². The summed E-state index contributed by atoms with van der Waals surface area (Å²) in [5, 5.41) is 8.04. The van der Waals surface area contributed by atoms with Crippen molar-refractivity contribution in [3.8, 4) is 0 Å². The number of fused-ring (bicyclic) bond motifs is 1. The summed E-state index contributed by atoms with van der Waals surface area (Å²) >= 11 is 0. The summed E-state index contributed by atoms with van der Waals surface area (Å²) in [6.45, 7) is 7.06. The van der Waals surface area contributed by atoms with Crippen LogP contribution in [0.2, 0.25) is 0 Å². The number of aryl methyl sites for hydroxylation is 1. The molecule has 1 aliphatic heterocycles. The van der Waals surface area contributed by atoms with E-state index in [1.165, 1.54) is 5.56 Å². The molecule has 0 spiro atoms. The highest BCUT2D eigenvalue weighted by atomic mass is 16.2. The van der Waals surface area contributed by atoms with Gasteiger partial charge in [0.1, 0.15) is 5.69 Å². The van der Waals surface area contributed by atoms with Crippen LogP contribution in [-0.2, 0) is 13.0 Å². The molecule has 2 heterocycles. The first-order valence-corrected chi connectivity index (χ1v) is 9.54. The van der Waals surface area contributed by atoms with Crippen molar-refractivity contribution in [3.05, 3.63) is 88.2 Å². The molecule has 27 heavy (non-hydrogen) atoms. The van der Waals surface area contributed by atoms with Crippen LogP contribution in [0.1, 0.15) is 58.3 Å². The lowest BCUT2D eigenvalue weighted by molar-refractivity contribution is 0.0950. The number of hydrogen-bond donors (Lipinski definition) is 1. The average Bonchev–Trinajstić information content (AvgIpc) is 3.16. The van der Waals surface area contributed by atoms with Gasteiger partial charge in [-0.25, -0.2) is 0 Å². The van der Waals surface area contributed by atoms with Crippen LogP contribution in [0.15, 0.2) is 54.6 Å². The molecular weight excluding hydrogens is 334 g/mol. The quantitative estimate of drug-likeness (QED) is 0.739. The normalized spacial score (nSPS) is 15.9. The van der Waals surface area contributed by atoms with Crippen LogP contribution >= 0.6 is 0 Å². The Morgan fingerprint density at radius 1 is 1.07 bits per heavy atom.